The topological polar surface area (TPSA) is 22.4 Å². The highest BCUT2D eigenvalue weighted by Crippen LogP contribution is 2.43. The normalized spacial score (nSPS) is 13.9. The molecule has 0 spiro atoms. The van der Waals surface area contributed by atoms with Gasteiger partial charge in [-0.1, -0.05) is 98.7 Å². The molecule has 0 fully saturated rings. The summed E-state index contributed by atoms with van der Waals surface area (Å²) in [6.45, 7) is 30.2. The number of hydrogen-bond donors (Lipinski definition) is 0. The molecule has 0 aliphatic rings. The molecule has 0 bridgehead atoms. The van der Waals surface area contributed by atoms with Crippen molar-refractivity contribution < 1.29 is 8.84 Å². The molecule has 1 unspecified atom stereocenters. The van der Waals surface area contributed by atoms with E-state index in [9.17, 15) is 0 Å². The lowest BCUT2D eigenvalue weighted by molar-refractivity contribution is 0.0657. The van der Waals surface area contributed by atoms with Crippen LogP contribution in [0.1, 0.15) is 122 Å². The van der Waals surface area contributed by atoms with E-state index in [0.717, 1.165) is 50.0 Å². The van der Waals surface area contributed by atoms with Gasteiger partial charge in [0.2, 0.25) is 0 Å². The molecule has 3 rings (SSSR count). The minimum atomic E-state index is -1.85. The summed E-state index contributed by atoms with van der Waals surface area (Å²) in [7, 11) is -1.85. The number of aryl methyl sites for hydroxylation is 4. The van der Waals surface area contributed by atoms with E-state index in [4.69, 9.17) is 8.84 Å². The molecule has 0 amide bonds. The van der Waals surface area contributed by atoms with Gasteiger partial charge in [-0.15, -0.1) is 0 Å². The third kappa shape index (κ3) is 7.51. The first kappa shape index (κ1) is 34.4. The van der Waals surface area contributed by atoms with Gasteiger partial charge in [0.25, 0.3) is 0 Å². The van der Waals surface area contributed by atoms with Gasteiger partial charge in [0.05, 0.1) is 6.10 Å². The Hall–Kier alpha value is -2.10. The molecule has 0 saturated heterocycles. The summed E-state index contributed by atoms with van der Waals surface area (Å²) in [5, 5.41) is 0.213. The van der Waals surface area contributed by atoms with Crippen molar-refractivity contribution in [3.05, 3.63) is 82.1 Å². The Labute approximate surface area is 259 Å². The second kappa shape index (κ2) is 13.3. The molecule has 1 atom stereocenters. The molecular weight excluding hydrogens is 529 g/mol. The lowest BCUT2D eigenvalue weighted by Crippen LogP contribution is -2.47. The lowest BCUT2D eigenvalue weighted by Gasteiger charge is -2.43. The standard InChI is InChI=1S/C39H60O2Si/c1-14-17-33-22-24-35(40-33)34-23-21-32(27-29(34)5)39(15-2,16-3)31-20-18-30(28(4)26-31)19-25-36(37(6,7)8)41-42(12,13)38(9,10)11/h18,20-24,26-27,36H,14-17,19,25H2,1-13H3. The zero-order valence-corrected chi connectivity index (χ0v) is 30.3. The van der Waals surface area contributed by atoms with Crippen LogP contribution >= 0.6 is 0 Å². The van der Waals surface area contributed by atoms with Crippen LogP contribution in [0.4, 0.5) is 0 Å². The molecule has 3 aromatic rings. The fourth-order valence-electron chi connectivity index (χ4n) is 6.14. The fraction of sp³-hybridized carbons (Fsp3) is 0.590. The second-order valence-electron chi connectivity index (χ2n) is 15.2. The van der Waals surface area contributed by atoms with Gasteiger partial charge in [0.1, 0.15) is 11.5 Å². The van der Waals surface area contributed by atoms with E-state index >= 15 is 0 Å². The fourth-order valence-corrected chi connectivity index (χ4v) is 7.67. The van der Waals surface area contributed by atoms with Crippen molar-refractivity contribution in [2.24, 2.45) is 5.41 Å². The molecule has 232 valence electrons. The van der Waals surface area contributed by atoms with E-state index in [1.807, 2.05) is 0 Å². The zero-order valence-electron chi connectivity index (χ0n) is 29.3. The van der Waals surface area contributed by atoms with Crippen molar-refractivity contribution in [3.63, 3.8) is 0 Å². The van der Waals surface area contributed by atoms with Gasteiger partial charge in [0, 0.05) is 17.4 Å². The number of furan rings is 1. The Balaban J connectivity index is 1.88. The molecule has 0 saturated carbocycles. The van der Waals surface area contributed by atoms with E-state index in [0.29, 0.717) is 0 Å². The average Bonchev–Trinajstić information content (AvgIpc) is 3.35. The molecule has 0 aliphatic carbocycles. The third-order valence-corrected chi connectivity index (χ3v) is 14.7. The van der Waals surface area contributed by atoms with E-state index in [-0.39, 0.29) is 22.0 Å². The van der Waals surface area contributed by atoms with E-state index in [1.165, 1.54) is 33.4 Å². The number of hydrogen-bond acceptors (Lipinski definition) is 2. The van der Waals surface area contributed by atoms with Crippen LogP contribution in [-0.4, -0.2) is 14.4 Å². The van der Waals surface area contributed by atoms with Crippen molar-refractivity contribution >= 4 is 8.32 Å². The summed E-state index contributed by atoms with van der Waals surface area (Å²) in [6, 6.07) is 18.5. The first-order valence-electron chi connectivity index (χ1n) is 16.5. The van der Waals surface area contributed by atoms with Crippen LogP contribution in [0, 0.1) is 19.3 Å². The molecule has 42 heavy (non-hydrogen) atoms. The predicted octanol–water partition coefficient (Wildman–Crippen LogP) is 12.0. The summed E-state index contributed by atoms with van der Waals surface area (Å²) in [5.74, 6) is 2.05. The minimum absolute atomic E-state index is 0.0114. The molecule has 0 N–H and O–H groups in total. The molecular formula is C39H60O2Si. The highest BCUT2D eigenvalue weighted by Gasteiger charge is 2.41. The monoisotopic (exact) mass is 588 g/mol. The van der Waals surface area contributed by atoms with Gasteiger partial charge in [-0.25, -0.2) is 0 Å². The molecule has 1 heterocycles. The van der Waals surface area contributed by atoms with Crippen molar-refractivity contribution in [2.45, 2.75) is 144 Å². The number of benzene rings is 2. The van der Waals surface area contributed by atoms with Crippen LogP contribution in [0.15, 0.2) is 52.9 Å². The van der Waals surface area contributed by atoms with Crippen molar-refractivity contribution in [1.82, 2.24) is 0 Å². The zero-order chi connectivity index (χ0) is 31.5. The minimum Gasteiger partial charge on any atom is -0.461 e. The molecule has 2 nitrogen and oxygen atoms in total. The highest BCUT2D eigenvalue weighted by molar-refractivity contribution is 6.74. The van der Waals surface area contributed by atoms with Crippen molar-refractivity contribution in [3.8, 4) is 11.3 Å². The summed E-state index contributed by atoms with van der Waals surface area (Å²) in [6.07, 6.45) is 6.56. The Morgan fingerprint density at radius 2 is 1.36 bits per heavy atom. The highest BCUT2D eigenvalue weighted by atomic mass is 28.4. The van der Waals surface area contributed by atoms with E-state index in [2.05, 4.69) is 138 Å². The van der Waals surface area contributed by atoms with Crippen LogP contribution in [0.3, 0.4) is 0 Å². The maximum absolute atomic E-state index is 7.00. The van der Waals surface area contributed by atoms with E-state index in [1.54, 1.807) is 0 Å². The Bertz CT molecular complexity index is 1310. The molecule has 0 radical (unpaired) electrons. The first-order chi connectivity index (χ1) is 19.5. The summed E-state index contributed by atoms with van der Waals surface area (Å²) >= 11 is 0. The summed E-state index contributed by atoms with van der Waals surface area (Å²) in [4.78, 5) is 0. The van der Waals surface area contributed by atoms with Gasteiger partial charge in [-0.3, -0.25) is 0 Å². The molecule has 3 heteroatoms. The smallest absolute Gasteiger partial charge is 0.192 e. The van der Waals surface area contributed by atoms with Gasteiger partial charge in [0.15, 0.2) is 8.32 Å². The van der Waals surface area contributed by atoms with Crippen LogP contribution < -0.4 is 0 Å². The third-order valence-electron chi connectivity index (χ3n) is 10.2. The van der Waals surface area contributed by atoms with Crippen LogP contribution in [0.2, 0.25) is 18.1 Å². The van der Waals surface area contributed by atoms with Crippen LogP contribution in [0.5, 0.6) is 0 Å². The second-order valence-corrected chi connectivity index (χ2v) is 20.0. The largest absolute Gasteiger partial charge is 0.461 e. The first-order valence-corrected chi connectivity index (χ1v) is 19.4. The van der Waals surface area contributed by atoms with E-state index < -0.39 is 8.32 Å². The molecule has 0 aliphatic heterocycles. The van der Waals surface area contributed by atoms with Crippen molar-refractivity contribution in [2.75, 3.05) is 0 Å². The van der Waals surface area contributed by atoms with Gasteiger partial charge in [-0.2, -0.15) is 0 Å². The number of rotatable bonds is 12. The van der Waals surface area contributed by atoms with Crippen molar-refractivity contribution in [1.29, 1.82) is 0 Å². The summed E-state index contributed by atoms with van der Waals surface area (Å²) < 4.78 is 13.2. The van der Waals surface area contributed by atoms with Crippen LogP contribution in [-0.2, 0) is 22.7 Å². The molecule has 1 aromatic heterocycles. The van der Waals surface area contributed by atoms with Gasteiger partial charge < -0.3 is 8.84 Å². The molecule has 2 aromatic carbocycles. The Morgan fingerprint density at radius 1 is 0.762 bits per heavy atom. The SMILES string of the molecule is CCCc1ccc(-c2ccc(C(CC)(CC)c3ccc(CCC(O[Si](C)(C)C(C)(C)C)C(C)(C)C)c(C)c3)cc2C)o1. The van der Waals surface area contributed by atoms with Gasteiger partial charge >= 0.3 is 0 Å². The maximum atomic E-state index is 7.00. The Kier molecular flexibility index (Phi) is 10.9. The average molecular weight is 589 g/mol. The maximum Gasteiger partial charge on any atom is 0.192 e. The lowest BCUT2D eigenvalue weighted by atomic mass is 9.69. The van der Waals surface area contributed by atoms with Crippen LogP contribution in [0.25, 0.3) is 11.3 Å². The summed E-state index contributed by atoms with van der Waals surface area (Å²) in [5.41, 5.74) is 8.24. The predicted molar refractivity (Wildman–Crippen MR) is 185 cm³/mol. The van der Waals surface area contributed by atoms with Gasteiger partial charge in [-0.05, 0) is 109 Å². The Morgan fingerprint density at radius 3 is 1.86 bits per heavy atom. The quantitative estimate of drug-likeness (QED) is 0.196.